The first-order chi connectivity index (χ1) is 39.6. The molecule has 0 radical (unpaired) electrons. The number of nitrogens with one attached hydrogen (secondary N) is 2. The lowest BCUT2D eigenvalue weighted by molar-refractivity contribution is -0.123. The Labute approximate surface area is 487 Å². The molecule has 0 saturated heterocycles. The van der Waals surface area contributed by atoms with E-state index in [1.807, 2.05) is 76.7 Å². The van der Waals surface area contributed by atoms with Crippen molar-refractivity contribution in [3.05, 3.63) is 118 Å². The highest BCUT2D eigenvalue weighted by molar-refractivity contribution is 5.84. The molecule has 10 rings (SSSR count). The number of benzene rings is 2. The average Bonchev–Trinajstić information content (AvgIpc) is 3.32. The molecular formula is C60H76F4N16O4. The first-order valence-corrected chi connectivity index (χ1v) is 27.6. The quantitative estimate of drug-likeness (QED) is 0.0659. The number of carboxylic acid groups (broad SMARTS) is 2. The molecule has 0 saturated carbocycles. The van der Waals surface area contributed by atoms with Gasteiger partial charge in [-0.05, 0) is 145 Å². The Balaban J connectivity index is 0.000000221. The summed E-state index contributed by atoms with van der Waals surface area (Å²) in [6.45, 7) is 25.5. The van der Waals surface area contributed by atoms with Crippen LogP contribution in [0.1, 0.15) is 95.6 Å². The van der Waals surface area contributed by atoms with Gasteiger partial charge in [-0.15, -0.1) is 0 Å². The highest BCUT2D eigenvalue weighted by Gasteiger charge is 2.28. The molecule has 6 aromatic heterocycles. The van der Waals surface area contributed by atoms with Crippen LogP contribution < -0.4 is 10.6 Å². The van der Waals surface area contributed by atoms with E-state index in [-0.39, 0.29) is 64.4 Å². The zero-order valence-corrected chi connectivity index (χ0v) is 50.2. The number of aromatic nitrogens is 10. The molecule has 20 nitrogen and oxygen atoms in total. The highest BCUT2D eigenvalue weighted by atomic mass is 19.1. The van der Waals surface area contributed by atoms with E-state index in [1.54, 1.807) is 12.1 Å². The zero-order chi connectivity index (χ0) is 61.5. The second-order valence-electron chi connectivity index (χ2n) is 23.4. The molecule has 24 heteroatoms. The van der Waals surface area contributed by atoms with E-state index in [9.17, 15) is 8.78 Å². The van der Waals surface area contributed by atoms with E-state index in [0.29, 0.717) is 51.5 Å². The van der Waals surface area contributed by atoms with Gasteiger partial charge in [0.1, 0.15) is 45.7 Å². The van der Waals surface area contributed by atoms with Crippen molar-refractivity contribution in [1.82, 2.24) is 68.6 Å². The lowest BCUT2D eigenvalue weighted by atomic mass is 9.98. The number of rotatable bonds is 12. The topological polar surface area (TPSA) is 225 Å². The number of halogens is 4. The lowest BCUT2D eigenvalue weighted by Gasteiger charge is -2.35. The van der Waals surface area contributed by atoms with Crippen molar-refractivity contribution in [3.8, 4) is 22.5 Å². The van der Waals surface area contributed by atoms with Gasteiger partial charge in [0, 0.05) is 97.8 Å². The van der Waals surface area contributed by atoms with Crippen molar-refractivity contribution < 1.29 is 37.4 Å². The summed E-state index contributed by atoms with van der Waals surface area (Å²) in [4.78, 5) is 61.6. The fraction of sp³-hybridized carbons (Fsp3) is 0.433. The maximum atomic E-state index is 15.1. The van der Waals surface area contributed by atoms with Crippen molar-refractivity contribution >= 4 is 58.5 Å². The molecule has 2 atom stereocenters. The van der Waals surface area contributed by atoms with E-state index in [2.05, 4.69) is 114 Å². The molecule has 2 aliphatic rings. The first kappa shape index (κ1) is 63.5. The number of carbonyl (C=O) groups is 2. The van der Waals surface area contributed by atoms with Gasteiger partial charge in [-0.2, -0.15) is 0 Å². The van der Waals surface area contributed by atoms with Crippen LogP contribution in [0.3, 0.4) is 0 Å². The number of nitrogens with zero attached hydrogens (tertiary/aromatic N) is 14. The van der Waals surface area contributed by atoms with Gasteiger partial charge in [0.2, 0.25) is 11.9 Å². The minimum absolute atomic E-state index is 0.00993. The Kier molecular flexibility index (Phi) is 20.2. The second kappa shape index (κ2) is 26.7. The van der Waals surface area contributed by atoms with Crippen molar-refractivity contribution in [3.63, 3.8) is 0 Å². The maximum absolute atomic E-state index is 15.1. The van der Waals surface area contributed by atoms with Gasteiger partial charge in [0.05, 0.1) is 23.4 Å². The molecule has 0 fully saturated rings. The molecule has 2 unspecified atom stereocenters. The number of anilines is 4. The molecule has 8 heterocycles. The standard InChI is InChI=1S/2C29H36F2N8.2CH2O2/c1-17-12-23-19(16-38(17)11-10-37(6)7)8-9-25(34-23)35-28-32-15-22(31)26(36-28)20-13-21(30)27-24(14-20)39(18(2)33-27)29(3,4)5;1-17-20-8-9-25(34-23(20)10-11-38(17)13-12-37(6)7)35-28-32-16-22(31)26(36-28)19-14-21(30)27-24(15-19)39(18(2)33-27)29(3,4)5;2*2-1-3/h8-9,13-15,17H,10-12,16H2,1-7H3,(H,32,34,35,36);8-9,14-17H,10-13H2,1-7H3,(H,32,34,35,36);2*1H,(H,2,3). The van der Waals surface area contributed by atoms with Crippen LogP contribution in [0.25, 0.3) is 44.6 Å². The van der Waals surface area contributed by atoms with Crippen LogP contribution in [-0.2, 0) is 40.1 Å². The normalized spacial score (nSPS) is 15.3. The molecule has 4 N–H and O–H groups in total. The third-order valence-corrected chi connectivity index (χ3v) is 14.5. The first-order valence-electron chi connectivity index (χ1n) is 27.6. The third-order valence-electron chi connectivity index (χ3n) is 14.5. The number of aryl methyl sites for hydroxylation is 2. The molecule has 0 amide bonds. The second-order valence-corrected chi connectivity index (χ2v) is 23.4. The molecular weight excluding hydrogens is 1080 g/mol. The van der Waals surface area contributed by atoms with E-state index in [1.165, 1.54) is 23.3 Å². The van der Waals surface area contributed by atoms with Crippen LogP contribution in [0, 0.1) is 37.1 Å². The van der Waals surface area contributed by atoms with Crippen LogP contribution in [-0.4, -0.2) is 159 Å². The Hall–Kier alpha value is -8.06. The monoisotopic (exact) mass is 1160 g/mol. The third kappa shape index (κ3) is 14.8. The van der Waals surface area contributed by atoms with Gasteiger partial charge in [-0.1, -0.05) is 12.1 Å². The lowest BCUT2D eigenvalue weighted by Crippen LogP contribution is -2.42. The van der Waals surface area contributed by atoms with Gasteiger partial charge in [-0.3, -0.25) is 19.4 Å². The van der Waals surface area contributed by atoms with Crippen LogP contribution in [0.2, 0.25) is 0 Å². The van der Waals surface area contributed by atoms with E-state index in [0.717, 1.165) is 75.9 Å². The zero-order valence-electron chi connectivity index (χ0n) is 50.2. The minimum Gasteiger partial charge on any atom is -0.483 e. The van der Waals surface area contributed by atoms with Gasteiger partial charge in [-0.25, -0.2) is 57.4 Å². The van der Waals surface area contributed by atoms with Crippen molar-refractivity contribution in [2.45, 2.75) is 112 Å². The van der Waals surface area contributed by atoms with E-state index in [4.69, 9.17) is 29.8 Å². The van der Waals surface area contributed by atoms with Crippen LogP contribution in [0.4, 0.5) is 41.1 Å². The molecule has 2 aliphatic heterocycles. The average molecular weight is 1160 g/mol. The number of fused-ring (bicyclic) bond motifs is 4. The molecule has 2 aromatic carbocycles. The van der Waals surface area contributed by atoms with Gasteiger partial charge < -0.3 is 39.8 Å². The van der Waals surface area contributed by atoms with Crippen molar-refractivity contribution in [2.24, 2.45) is 0 Å². The van der Waals surface area contributed by atoms with E-state index >= 15 is 8.78 Å². The molecule has 448 valence electrons. The van der Waals surface area contributed by atoms with Gasteiger partial charge in [0.25, 0.3) is 12.9 Å². The Bertz CT molecular complexity index is 3620. The molecule has 84 heavy (non-hydrogen) atoms. The van der Waals surface area contributed by atoms with Crippen LogP contribution in [0.5, 0.6) is 0 Å². The Morgan fingerprint density at radius 3 is 1.51 bits per heavy atom. The summed E-state index contributed by atoms with van der Waals surface area (Å²) >= 11 is 0. The van der Waals surface area contributed by atoms with Gasteiger partial charge >= 0.3 is 0 Å². The predicted molar refractivity (Wildman–Crippen MR) is 318 cm³/mol. The number of pyridine rings is 2. The summed E-state index contributed by atoms with van der Waals surface area (Å²) in [5.74, 6) is 0.614. The summed E-state index contributed by atoms with van der Waals surface area (Å²) in [5.41, 5.74) is 6.17. The Morgan fingerprint density at radius 2 is 1.06 bits per heavy atom. The summed E-state index contributed by atoms with van der Waals surface area (Å²) in [5, 5.41) is 20.0. The highest BCUT2D eigenvalue weighted by Crippen LogP contribution is 2.35. The Morgan fingerprint density at radius 1 is 0.619 bits per heavy atom. The number of imidazole rings is 2. The fourth-order valence-corrected chi connectivity index (χ4v) is 10.7. The number of likely N-dealkylation sites (N-methyl/N-ethyl adjacent to an activating group) is 2. The summed E-state index contributed by atoms with van der Waals surface area (Å²) in [7, 11) is 8.34. The summed E-state index contributed by atoms with van der Waals surface area (Å²) in [6, 6.07) is 14.6. The van der Waals surface area contributed by atoms with Crippen LogP contribution in [0.15, 0.2) is 60.9 Å². The van der Waals surface area contributed by atoms with Crippen molar-refractivity contribution in [1.29, 1.82) is 0 Å². The number of hydrogen-bond acceptors (Lipinski definition) is 16. The molecule has 0 aliphatic carbocycles. The van der Waals surface area contributed by atoms with E-state index < -0.39 is 23.3 Å². The molecule has 0 spiro atoms. The summed E-state index contributed by atoms with van der Waals surface area (Å²) < 4.78 is 64.1. The molecule has 8 aromatic rings. The SMILES string of the molecule is Cc1nc2c(F)cc(-c3nc(Nc4ccc5c(n4)CC(C)N(CCN(C)C)C5)ncc3F)cc2n1C(C)(C)C.Cc1nc2c(F)cc(-c3nc(Nc4ccc5c(n4)CCN(CCN(C)C)C5C)ncc3F)cc2n1C(C)(C)C.O=CO.O=CO. The predicted octanol–water partition coefficient (Wildman–Crippen LogP) is 10.1. The fourth-order valence-electron chi connectivity index (χ4n) is 10.7. The number of hydrogen-bond donors (Lipinski definition) is 4. The molecule has 0 bridgehead atoms. The largest absolute Gasteiger partial charge is 0.483 e. The van der Waals surface area contributed by atoms with Gasteiger partial charge in [0.15, 0.2) is 23.3 Å². The maximum Gasteiger partial charge on any atom is 0.290 e. The smallest absolute Gasteiger partial charge is 0.290 e. The van der Waals surface area contributed by atoms with Crippen molar-refractivity contribution in [2.75, 3.05) is 71.5 Å². The van der Waals surface area contributed by atoms with Crippen LogP contribution >= 0.6 is 0 Å². The minimum atomic E-state index is -0.636. The summed E-state index contributed by atoms with van der Waals surface area (Å²) in [6.07, 6.45) is 3.89.